The number of aromatic nitrogens is 2. The van der Waals surface area contributed by atoms with Crippen molar-refractivity contribution >= 4 is 27.8 Å². The van der Waals surface area contributed by atoms with E-state index in [1.165, 1.54) is 23.6 Å². The summed E-state index contributed by atoms with van der Waals surface area (Å²) >= 11 is 1.52. The lowest BCUT2D eigenvalue weighted by atomic mass is 10.2. The number of halogens is 1. The van der Waals surface area contributed by atoms with Crippen LogP contribution in [-0.2, 0) is 0 Å². The Morgan fingerprint density at radius 3 is 2.89 bits per heavy atom. The number of fused-ring (bicyclic) bond motifs is 1. The Kier molecular flexibility index (Phi) is 2.92. The van der Waals surface area contributed by atoms with Crippen LogP contribution in [0.5, 0.6) is 0 Å². The molecule has 4 nitrogen and oxygen atoms in total. The second-order valence-corrected chi connectivity index (χ2v) is 4.92. The molecule has 0 unspecified atom stereocenters. The molecule has 6 heteroatoms. The van der Waals surface area contributed by atoms with Gasteiger partial charge >= 0.3 is 0 Å². The Balaban J connectivity index is 2.08. The Morgan fingerprint density at radius 1 is 1.26 bits per heavy atom. The van der Waals surface area contributed by atoms with Crippen molar-refractivity contribution in [3.05, 3.63) is 48.0 Å². The number of rotatable bonds is 2. The fourth-order valence-electron chi connectivity index (χ4n) is 1.73. The van der Waals surface area contributed by atoms with Crippen LogP contribution in [0.1, 0.15) is 5.56 Å². The lowest BCUT2D eigenvalue weighted by molar-refractivity contribution is 0.584. The minimum Gasteiger partial charge on any atom is -0.323 e. The third-order valence-corrected chi connectivity index (χ3v) is 3.68. The highest BCUT2D eigenvalue weighted by molar-refractivity contribution is 7.21. The molecule has 0 radical (unpaired) electrons. The first-order chi connectivity index (χ1) is 9.26. The standard InChI is InChI=1S/C13H9FN4S/c14-12-4-2-9(7-16-12)13-18-10-3-1-8(6-17-15)5-11(10)19-13/h1-7H,15H2. The first-order valence-corrected chi connectivity index (χ1v) is 6.34. The summed E-state index contributed by atoms with van der Waals surface area (Å²) in [7, 11) is 0. The zero-order valence-electron chi connectivity index (χ0n) is 9.75. The van der Waals surface area contributed by atoms with E-state index in [9.17, 15) is 4.39 Å². The minimum absolute atomic E-state index is 0.494. The summed E-state index contributed by atoms with van der Waals surface area (Å²) in [6, 6.07) is 8.76. The second-order valence-electron chi connectivity index (χ2n) is 3.89. The van der Waals surface area contributed by atoms with Crippen molar-refractivity contribution < 1.29 is 4.39 Å². The average Bonchev–Trinajstić information content (AvgIpc) is 2.83. The molecule has 0 bridgehead atoms. The van der Waals surface area contributed by atoms with E-state index >= 15 is 0 Å². The SMILES string of the molecule is NN=Cc1ccc2nc(-c3ccc(F)nc3)sc2c1. The highest BCUT2D eigenvalue weighted by atomic mass is 32.1. The van der Waals surface area contributed by atoms with Gasteiger partial charge in [-0.2, -0.15) is 9.49 Å². The average molecular weight is 272 g/mol. The molecule has 0 saturated carbocycles. The Bertz CT molecular complexity index is 749. The highest BCUT2D eigenvalue weighted by Crippen LogP contribution is 2.30. The molecule has 94 valence electrons. The predicted molar refractivity (Wildman–Crippen MR) is 74.6 cm³/mol. The maximum atomic E-state index is 12.8. The van der Waals surface area contributed by atoms with Crippen molar-refractivity contribution in [2.75, 3.05) is 0 Å². The van der Waals surface area contributed by atoms with Crippen molar-refractivity contribution in [2.45, 2.75) is 0 Å². The van der Waals surface area contributed by atoms with Crippen molar-refractivity contribution in [2.24, 2.45) is 10.9 Å². The molecule has 1 aromatic carbocycles. The summed E-state index contributed by atoms with van der Waals surface area (Å²) in [5.74, 6) is 4.63. The van der Waals surface area contributed by atoms with E-state index in [1.54, 1.807) is 12.3 Å². The number of thiazole rings is 1. The molecule has 0 spiro atoms. The van der Waals surface area contributed by atoms with Crippen LogP contribution in [0, 0.1) is 5.95 Å². The molecule has 0 saturated heterocycles. The number of hydrazone groups is 1. The van der Waals surface area contributed by atoms with Crippen LogP contribution in [0.3, 0.4) is 0 Å². The van der Waals surface area contributed by atoms with Crippen LogP contribution in [0.4, 0.5) is 4.39 Å². The maximum absolute atomic E-state index is 12.8. The molecule has 0 atom stereocenters. The molecule has 19 heavy (non-hydrogen) atoms. The molecule has 2 N–H and O–H groups in total. The number of hydrogen-bond acceptors (Lipinski definition) is 5. The maximum Gasteiger partial charge on any atom is 0.212 e. The normalized spacial score (nSPS) is 11.4. The molecule has 2 heterocycles. The number of pyridine rings is 1. The van der Waals surface area contributed by atoms with Gasteiger partial charge in [-0.05, 0) is 29.8 Å². The van der Waals surface area contributed by atoms with E-state index in [0.29, 0.717) is 0 Å². The van der Waals surface area contributed by atoms with Gasteiger partial charge in [0.1, 0.15) is 5.01 Å². The van der Waals surface area contributed by atoms with Gasteiger partial charge < -0.3 is 5.84 Å². The molecule has 2 aromatic heterocycles. The van der Waals surface area contributed by atoms with E-state index in [2.05, 4.69) is 15.1 Å². The van der Waals surface area contributed by atoms with Crippen molar-refractivity contribution in [3.63, 3.8) is 0 Å². The Morgan fingerprint density at radius 2 is 2.16 bits per heavy atom. The predicted octanol–water partition coefficient (Wildman–Crippen LogP) is 2.79. The van der Waals surface area contributed by atoms with Gasteiger partial charge in [-0.15, -0.1) is 11.3 Å². The summed E-state index contributed by atoms with van der Waals surface area (Å²) in [5, 5.41) is 4.30. The fourth-order valence-corrected chi connectivity index (χ4v) is 2.74. The third-order valence-electron chi connectivity index (χ3n) is 2.61. The van der Waals surface area contributed by atoms with Crippen LogP contribution in [0.2, 0.25) is 0 Å². The van der Waals surface area contributed by atoms with Crippen molar-refractivity contribution in [1.82, 2.24) is 9.97 Å². The number of benzene rings is 1. The number of nitrogens with zero attached hydrogens (tertiary/aromatic N) is 3. The molecule has 3 rings (SSSR count). The first kappa shape index (κ1) is 11.7. The van der Waals surface area contributed by atoms with Gasteiger partial charge in [-0.3, -0.25) is 0 Å². The molecular weight excluding hydrogens is 263 g/mol. The van der Waals surface area contributed by atoms with Gasteiger partial charge in [0.05, 0.1) is 16.4 Å². The summed E-state index contributed by atoms with van der Waals surface area (Å²) in [4.78, 5) is 8.13. The zero-order chi connectivity index (χ0) is 13.2. The van der Waals surface area contributed by atoms with E-state index in [0.717, 1.165) is 26.4 Å². The Labute approximate surface area is 112 Å². The topological polar surface area (TPSA) is 64.2 Å². The summed E-state index contributed by atoms with van der Waals surface area (Å²) < 4.78 is 13.8. The van der Waals surface area contributed by atoms with Crippen molar-refractivity contribution in [3.8, 4) is 10.6 Å². The molecule has 0 aliphatic rings. The smallest absolute Gasteiger partial charge is 0.212 e. The van der Waals surface area contributed by atoms with E-state index in [4.69, 9.17) is 5.84 Å². The van der Waals surface area contributed by atoms with E-state index in [-0.39, 0.29) is 0 Å². The van der Waals surface area contributed by atoms with E-state index in [1.807, 2.05) is 18.2 Å². The lowest BCUT2D eigenvalue weighted by Gasteiger charge is -1.93. The van der Waals surface area contributed by atoms with Gasteiger partial charge in [0.2, 0.25) is 5.95 Å². The van der Waals surface area contributed by atoms with E-state index < -0.39 is 5.95 Å². The molecule has 0 amide bonds. The summed E-state index contributed by atoms with van der Waals surface area (Å²) in [6.45, 7) is 0. The molecular formula is C13H9FN4S. The molecule has 3 aromatic rings. The summed E-state index contributed by atoms with van der Waals surface area (Å²) in [6.07, 6.45) is 3.06. The van der Waals surface area contributed by atoms with Gasteiger partial charge in [-0.25, -0.2) is 9.97 Å². The van der Waals surface area contributed by atoms with Gasteiger partial charge in [0.25, 0.3) is 0 Å². The van der Waals surface area contributed by atoms with Gasteiger partial charge in [0.15, 0.2) is 0 Å². The zero-order valence-corrected chi connectivity index (χ0v) is 10.6. The molecule has 0 fully saturated rings. The van der Waals surface area contributed by atoms with Crippen molar-refractivity contribution in [1.29, 1.82) is 0 Å². The van der Waals surface area contributed by atoms with Gasteiger partial charge in [0, 0.05) is 11.8 Å². The third kappa shape index (κ3) is 2.30. The van der Waals surface area contributed by atoms with Crippen LogP contribution in [-0.4, -0.2) is 16.2 Å². The quantitative estimate of drug-likeness (QED) is 0.337. The molecule has 0 aliphatic carbocycles. The van der Waals surface area contributed by atoms with Gasteiger partial charge in [-0.1, -0.05) is 6.07 Å². The summed E-state index contributed by atoms with van der Waals surface area (Å²) in [5.41, 5.74) is 2.61. The second kappa shape index (κ2) is 4.74. The Hall–Kier alpha value is -2.34. The van der Waals surface area contributed by atoms with Crippen LogP contribution >= 0.6 is 11.3 Å². The molecule has 0 aliphatic heterocycles. The monoisotopic (exact) mass is 272 g/mol. The van der Waals surface area contributed by atoms with Crippen LogP contribution in [0.15, 0.2) is 41.6 Å². The highest BCUT2D eigenvalue weighted by Gasteiger charge is 2.07. The minimum atomic E-state index is -0.494. The number of hydrogen-bond donors (Lipinski definition) is 1. The van der Waals surface area contributed by atoms with Crippen LogP contribution < -0.4 is 5.84 Å². The fraction of sp³-hybridized carbons (Fsp3) is 0. The first-order valence-electron chi connectivity index (χ1n) is 5.52. The van der Waals surface area contributed by atoms with Crippen LogP contribution in [0.25, 0.3) is 20.8 Å². The lowest BCUT2D eigenvalue weighted by Crippen LogP contribution is -1.85. The number of nitrogens with two attached hydrogens (primary N) is 1. The largest absolute Gasteiger partial charge is 0.323 e.